The maximum absolute atomic E-state index is 12.8. The topological polar surface area (TPSA) is 107 Å². The number of pyridine rings is 1. The van der Waals surface area contributed by atoms with Gasteiger partial charge in [-0.05, 0) is 49.6 Å². The Hall–Kier alpha value is -3.32. The van der Waals surface area contributed by atoms with Gasteiger partial charge in [0.2, 0.25) is 0 Å². The number of alkyl halides is 3. The van der Waals surface area contributed by atoms with Crippen molar-refractivity contribution >= 4 is 22.4 Å². The van der Waals surface area contributed by atoms with Crippen LogP contribution in [-0.4, -0.2) is 26.0 Å². The highest BCUT2D eigenvalue weighted by atomic mass is 19.4. The highest BCUT2D eigenvalue weighted by molar-refractivity contribution is 5.91. The van der Waals surface area contributed by atoms with Crippen molar-refractivity contribution in [3.63, 3.8) is 0 Å². The van der Waals surface area contributed by atoms with E-state index in [4.69, 9.17) is 0 Å². The van der Waals surface area contributed by atoms with E-state index in [-0.39, 0.29) is 17.2 Å². The molecule has 1 saturated carbocycles. The lowest BCUT2D eigenvalue weighted by Crippen LogP contribution is -2.29. The molecule has 0 radical (unpaired) electrons. The predicted molar refractivity (Wildman–Crippen MR) is 103 cm³/mol. The molecule has 30 heavy (non-hydrogen) atoms. The lowest BCUT2D eigenvalue weighted by atomic mass is 9.84. The molecule has 4 rings (SSSR count). The smallest absolute Gasteiger partial charge is 0.393 e. The van der Waals surface area contributed by atoms with Crippen molar-refractivity contribution in [1.29, 1.82) is 5.26 Å². The monoisotopic (exact) mass is 417 g/mol. The third kappa shape index (κ3) is 3.64. The zero-order valence-corrected chi connectivity index (χ0v) is 15.6. The lowest BCUT2D eigenvalue weighted by Gasteiger charge is -2.30. The third-order valence-corrected chi connectivity index (χ3v) is 5.37. The average Bonchev–Trinajstić information content (AvgIpc) is 3.07. The molecule has 1 aromatic carbocycles. The third-order valence-electron chi connectivity index (χ3n) is 5.37. The summed E-state index contributed by atoms with van der Waals surface area (Å²) in [6, 6.07) is 7.96. The minimum absolute atomic E-state index is 0.189. The lowest BCUT2D eigenvalue weighted by molar-refractivity contribution is -0.137. The van der Waals surface area contributed by atoms with Crippen LogP contribution in [0, 0.1) is 17.2 Å². The van der Waals surface area contributed by atoms with Crippen LogP contribution < -0.4 is 10.9 Å². The second kappa shape index (κ2) is 7.50. The highest BCUT2D eigenvalue weighted by Gasteiger charge is 2.33. The van der Waals surface area contributed by atoms with Crippen LogP contribution in [0.15, 0.2) is 41.3 Å². The van der Waals surface area contributed by atoms with Crippen molar-refractivity contribution in [3.05, 3.63) is 52.4 Å². The number of benzene rings is 1. The molecule has 1 aliphatic carbocycles. The standard InChI is InChI=1S/C20H18F3N5O2/c21-20(22,23)12-1-3-13(4-2-12)26-18-17-16(7-8-25-19(17)30)28(27-18)15-6-5-14(29)9-11(15)10-24/h1-4,7-8,11,14-15,29H,5-6,9H2,(H,25,30)(H,26,27)/t11-,14-,15+/m1/s1. The number of anilines is 2. The number of rotatable bonds is 3. The summed E-state index contributed by atoms with van der Waals surface area (Å²) in [5.41, 5.74) is -0.333. The number of aliphatic hydroxyl groups is 1. The van der Waals surface area contributed by atoms with Crippen molar-refractivity contribution in [3.8, 4) is 6.07 Å². The summed E-state index contributed by atoms with van der Waals surface area (Å²) in [4.78, 5) is 15.0. The van der Waals surface area contributed by atoms with Gasteiger partial charge < -0.3 is 15.4 Å². The molecule has 2 heterocycles. The fraction of sp³-hybridized carbons (Fsp3) is 0.350. The van der Waals surface area contributed by atoms with Crippen molar-refractivity contribution in [2.24, 2.45) is 5.92 Å². The van der Waals surface area contributed by atoms with Crippen LogP contribution in [0.1, 0.15) is 30.9 Å². The first-order chi connectivity index (χ1) is 14.3. The van der Waals surface area contributed by atoms with E-state index in [0.717, 1.165) is 12.1 Å². The number of hydrogen-bond donors (Lipinski definition) is 3. The quantitative estimate of drug-likeness (QED) is 0.602. The fourth-order valence-electron chi connectivity index (χ4n) is 3.88. The zero-order valence-electron chi connectivity index (χ0n) is 15.6. The van der Waals surface area contributed by atoms with Gasteiger partial charge in [-0.15, -0.1) is 0 Å². The van der Waals surface area contributed by atoms with E-state index in [0.29, 0.717) is 30.5 Å². The zero-order chi connectivity index (χ0) is 21.5. The minimum Gasteiger partial charge on any atom is -0.393 e. The molecule has 0 bridgehead atoms. The molecule has 1 aliphatic rings. The van der Waals surface area contributed by atoms with Gasteiger partial charge in [0.05, 0.1) is 35.2 Å². The van der Waals surface area contributed by atoms with Crippen LogP contribution in [0.2, 0.25) is 0 Å². The Morgan fingerprint density at radius 1 is 1.23 bits per heavy atom. The fourth-order valence-corrected chi connectivity index (χ4v) is 3.88. The summed E-state index contributed by atoms with van der Waals surface area (Å²) in [5, 5.41) is 27.1. The summed E-state index contributed by atoms with van der Waals surface area (Å²) in [7, 11) is 0. The van der Waals surface area contributed by atoms with Crippen LogP contribution in [0.5, 0.6) is 0 Å². The maximum atomic E-state index is 12.8. The average molecular weight is 417 g/mol. The van der Waals surface area contributed by atoms with Gasteiger partial charge in [0, 0.05) is 11.9 Å². The first kappa shape index (κ1) is 20.0. The Morgan fingerprint density at radius 2 is 1.97 bits per heavy atom. The summed E-state index contributed by atoms with van der Waals surface area (Å²) in [6.07, 6.45) is -2.18. The number of H-pyrrole nitrogens is 1. The predicted octanol–water partition coefficient (Wildman–Crippen LogP) is 3.71. The molecule has 10 heteroatoms. The van der Waals surface area contributed by atoms with E-state index >= 15 is 0 Å². The van der Waals surface area contributed by atoms with Gasteiger partial charge in [-0.25, -0.2) is 0 Å². The van der Waals surface area contributed by atoms with Crippen LogP contribution in [0.3, 0.4) is 0 Å². The highest BCUT2D eigenvalue weighted by Crippen LogP contribution is 2.37. The summed E-state index contributed by atoms with van der Waals surface area (Å²) in [6.45, 7) is 0. The molecule has 2 aromatic heterocycles. The molecule has 1 fully saturated rings. The molecular formula is C20H18F3N5O2. The van der Waals surface area contributed by atoms with E-state index in [1.54, 1.807) is 10.7 Å². The Labute approximate surface area is 168 Å². The second-order valence-electron chi connectivity index (χ2n) is 7.33. The number of fused-ring (bicyclic) bond motifs is 1. The molecule has 0 aliphatic heterocycles. The number of halogens is 3. The van der Waals surface area contributed by atoms with Gasteiger partial charge in [0.25, 0.3) is 5.56 Å². The number of aromatic amines is 1. The molecule has 3 atom stereocenters. The summed E-state index contributed by atoms with van der Waals surface area (Å²) >= 11 is 0. The van der Waals surface area contributed by atoms with Crippen molar-refractivity contribution in [1.82, 2.24) is 14.8 Å². The number of aromatic nitrogens is 3. The Kier molecular flexibility index (Phi) is 4.99. The molecule has 0 spiro atoms. The Balaban J connectivity index is 1.74. The normalized spacial score (nSPS) is 22.0. The second-order valence-corrected chi connectivity index (χ2v) is 7.33. The van der Waals surface area contributed by atoms with Crippen LogP contribution in [0.4, 0.5) is 24.7 Å². The number of nitrogens with zero attached hydrogens (tertiary/aromatic N) is 3. The van der Waals surface area contributed by atoms with E-state index in [2.05, 4.69) is 21.5 Å². The first-order valence-electron chi connectivity index (χ1n) is 9.40. The number of aliphatic hydroxyl groups excluding tert-OH is 1. The van der Waals surface area contributed by atoms with Crippen LogP contribution in [0.25, 0.3) is 10.9 Å². The molecule has 0 amide bonds. The van der Waals surface area contributed by atoms with Gasteiger partial charge in [-0.3, -0.25) is 9.48 Å². The maximum Gasteiger partial charge on any atom is 0.416 e. The van der Waals surface area contributed by atoms with Gasteiger partial charge in [0.1, 0.15) is 5.39 Å². The molecule has 0 saturated heterocycles. The van der Waals surface area contributed by atoms with Crippen molar-refractivity contribution in [2.75, 3.05) is 5.32 Å². The van der Waals surface area contributed by atoms with E-state index < -0.39 is 29.3 Å². The van der Waals surface area contributed by atoms with Gasteiger partial charge in [-0.2, -0.15) is 23.5 Å². The Morgan fingerprint density at radius 3 is 2.63 bits per heavy atom. The number of hydrogen-bond acceptors (Lipinski definition) is 5. The van der Waals surface area contributed by atoms with Crippen LogP contribution >= 0.6 is 0 Å². The molecule has 3 aromatic rings. The molecule has 3 N–H and O–H groups in total. The van der Waals surface area contributed by atoms with Crippen molar-refractivity contribution < 1.29 is 18.3 Å². The van der Waals surface area contributed by atoms with E-state index in [1.165, 1.54) is 18.3 Å². The van der Waals surface area contributed by atoms with E-state index in [9.17, 15) is 28.3 Å². The Bertz CT molecular complexity index is 1160. The van der Waals surface area contributed by atoms with Crippen molar-refractivity contribution in [2.45, 2.75) is 37.6 Å². The molecular weight excluding hydrogens is 399 g/mol. The number of nitrogens with one attached hydrogen (secondary N) is 2. The summed E-state index contributed by atoms with van der Waals surface area (Å²) < 4.78 is 40.0. The van der Waals surface area contributed by atoms with Gasteiger partial charge in [-0.1, -0.05) is 0 Å². The molecule has 156 valence electrons. The van der Waals surface area contributed by atoms with E-state index in [1.807, 2.05) is 0 Å². The van der Waals surface area contributed by atoms with Gasteiger partial charge >= 0.3 is 6.18 Å². The summed E-state index contributed by atoms with van der Waals surface area (Å²) in [5.74, 6) is -0.288. The minimum atomic E-state index is -4.44. The first-order valence-corrected chi connectivity index (χ1v) is 9.40. The molecule has 0 unspecified atom stereocenters. The number of nitriles is 1. The largest absolute Gasteiger partial charge is 0.416 e. The SMILES string of the molecule is N#C[C@H]1C[C@H](O)CC[C@@H]1n1nc(Nc2ccc(C(F)(F)F)cc2)c2c(=O)[nH]ccc21. The van der Waals surface area contributed by atoms with Gasteiger partial charge in [0.15, 0.2) is 5.82 Å². The molecule has 7 nitrogen and oxygen atoms in total. The van der Waals surface area contributed by atoms with Crippen LogP contribution in [-0.2, 0) is 6.18 Å².